The summed E-state index contributed by atoms with van der Waals surface area (Å²) in [5, 5.41) is 3.54. The number of aromatic nitrogens is 1. The number of piperidine rings is 1. The van der Waals surface area contributed by atoms with Crippen molar-refractivity contribution in [2.75, 3.05) is 13.2 Å². The maximum atomic E-state index is 5.88. The van der Waals surface area contributed by atoms with E-state index in [-0.39, 0.29) is 0 Å². The first-order chi connectivity index (χ1) is 8.93. The normalized spacial score (nSPS) is 20.1. The van der Waals surface area contributed by atoms with Crippen LogP contribution in [0.15, 0.2) is 23.7 Å². The van der Waals surface area contributed by atoms with Crippen molar-refractivity contribution in [1.82, 2.24) is 10.3 Å². The molecule has 96 valence electrons. The molecule has 0 radical (unpaired) electrons. The zero-order valence-electron chi connectivity index (χ0n) is 10.4. The highest BCUT2D eigenvalue weighted by atomic mass is 32.1. The minimum absolute atomic E-state index is 0.633. The molecule has 0 aliphatic carbocycles. The van der Waals surface area contributed by atoms with Crippen LogP contribution in [0.4, 0.5) is 0 Å². The van der Waals surface area contributed by atoms with Gasteiger partial charge in [-0.05, 0) is 37.9 Å². The third kappa shape index (κ3) is 2.65. The Kier molecular flexibility index (Phi) is 3.76. The number of rotatable bonds is 4. The van der Waals surface area contributed by atoms with Crippen LogP contribution in [0.1, 0.15) is 25.7 Å². The van der Waals surface area contributed by atoms with Gasteiger partial charge in [0.1, 0.15) is 11.3 Å². The average molecular weight is 262 g/mol. The summed E-state index contributed by atoms with van der Waals surface area (Å²) in [6.45, 7) is 1.93. The highest BCUT2D eigenvalue weighted by Crippen LogP contribution is 2.27. The number of para-hydroxylation sites is 1. The van der Waals surface area contributed by atoms with Crippen LogP contribution in [0, 0.1) is 0 Å². The summed E-state index contributed by atoms with van der Waals surface area (Å²) in [7, 11) is 0. The smallest absolute Gasteiger partial charge is 0.146 e. The van der Waals surface area contributed by atoms with Crippen molar-refractivity contribution in [3.63, 3.8) is 0 Å². The van der Waals surface area contributed by atoms with Crippen molar-refractivity contribution < 1.29 is 4.74 Å². The second kappa shape index (κ2) is 5.67. The number of nitrogens with one attached hydrogen (secondary N) is 1. The number of nitrogens with zero attached hydrogens (tertiary/aromatic N) is 1. The highest BCUT2D eigenvalue weighted by molar-refractivity contribution is 7.16. The SMILES string of the molecule is c1cc(OCCC2CCCCN2)c2ncsc2c1. The summed E-state index contributed by atoms with van der Waals surface area (Å²) in [6.07, 6.45) is 5.03. The number of benzene rings is 1. The molecule has 1 fully saturated rings. The predicted octanol–water partition coefficient (Wildman–Crippen LogP) is 3.21. The molecule has 2 heterocycles. The van der Waals surface area contributed by atoms with Crippen LogP contribution in [-0.4, -0.2) is 24.2 Å². The summed E-state index contributed by atoms with van der Waals surface area (Å²) in [4.78, 5) is 4.36. The van der Waals surface area contributed by atoms with E-state index in [1.54, 1.807) is 11.3 Å². The molecule has 1 aromatic heterocycles. The molecule has 1 aromatic carbocycles. The minimum atomic E-state index is 0.633. The first-order valence-corrected chi connectivity index (χ1v) is 7.50. The second-order valence-electron chi connectivity index (χ2n) is 4.74. The van der Waals surface area contributed by atoms with E-state index in [1.807, 2.05) is 17.6 Å². The monoisotopic (exact) mass is 262 g/mol. The molecule has 0 saturated carbocycles. The Hall–Kier alpha value is -1.13. The Bertz CT molecular complexity index is 505. The van der Waals surface area contributed by atoms with Crippen molar-refractivity contribution >= 4 is 21.6 Å². The molecule has 0 spiro atoms. The Morgan fingerprint density at radius 3 is 3.28 bits per heavy atom. The lowest BCUT2D eigenvalue weighted by atomic mass is 10.0. The largest absolute Gasteiger partial charge is 0.491 e. The number of fused-ring (bicyclic) bond motifs is 1. The quantitative estimate of drug-likeness (QED) is 0.918. The number of hydrogen-bond donors (Lipinski definition) is 1. The zero-order chi connectivity index (χ0) is 12.2. The van der Waals surface area contributed by atoms with Gasteiger partial charge >= 0.3 is 0 Å². The lowest BCUT2D eigenvalue weighted by Gasteiger charge is -2.23. The summed E-state index contributed by atoms with van der Waals surface area (Å²) in [5.74, 6) is 0.921. The Morgan fingerprint density at radius 1 is 1.39 bits per heavy atom. The lowest BCUT2D eigenvalue weighted by Crippen LogP contribution is -2.35. The topological polar surface area (TPSA) is 34.1 Å². The van der Waals surface area contributed by atoms with Crippen molar-refractivity contribution in [3.05, 3.63) is 23.7 Å². The van der Waals surface area contributed by atoms with Crippen LogP contribution in [0.2, 0.25) is 0 Å². The Labute approximate surface area is 111 Å². The van der Waals surface area contributed by atoms with Gasteiger partial charge in [-0.1, -0.05) is 12.5 Å². The van der Waals surface area contributed by atoms with E-state index in [4.69, 9.17) is 4.74 Å². The van der Waals surface area contributed by atoms with E-state index < -0.39 is 0 Å². The van der Waals surface area contributed by atoms with Gasteiger partial charge in [-0.15, -0.1) is 11.3 Å². The molecule has 4 heteroatoms. The van der Waals surface area contributed by atoms with Crippen LogP contribution in [-0.2, 0) is 0 Å². The van der Waals surface area contributed by atoms with Crippen LogP contribution < -0.4 is 10.1 Å². The molecule has 1 aliphatic heterocycles. The third-order valence-electron chi connectivity index (χ3n) is 3.46. The number of hydrogen-bond acceptors (Lipinski definition) is 4. The van der Waals surface area contributed by atoms with Crippen molar-refractivity contribution in [3.8, 4) is 5.75 Å². The molecule has 3 nitrogen and oxygen atoms in total. The number of thiazole rings is 1. The van der Waals surface area contributed by atoms with Gasteiger partial charge < -0.3 is 10.1 Å². The Balaban J connectivity index is 1.57. The lowest BCUT2D eigenvalue weighted by molar-refractivity contribution is 0.270. The summed E-state index contributed by atoms with van der Waals surface area (Å²) in [5.41, 5.74) is 2.87. The van der Waals surface area contributed by atoms with Crippen LogP contribution in [0.3, 0.4) is 0 Å². The molecular weight excluding hydrogens is 244 g/mol. The highest BCUT2D eigenvalue weighted by Gasteiger charge is 2.12. The molecule has 1 atom stereocenters. The van der Waals surface area contributed by atoms with Gasteiger partial charge in [-0.25, -0.2) is 4.98 Å². The van der Waals surface area contributed by atoms with Gasteiger partial charge in [0.05, 0.1) is 16.8 Å². The third-order valence-corrected chi connectivity index (χ3v) is 4.25. The number of ether oxygens (including phenoxy) is 1. The molecule has 1 N–H and O–H groups in total. The van der Waals surface area contributed by atoms with Gasteiger partial charge in [-0.2, -0.15) is 0 Å². The van der Waals surface area contributed by atoms with Gasteiger partial charge in [0.2, 0.25) is 0 Å². The molecule has 18 heavy (non-hydrogen) atoms. The van der Waals surface area contributed by atoms with Crippen molar-refractivity contribution in [2.45, 2.75) is 31.7 Å². The van der Waals surface area contributed by atoms with E-state index in [9.17, 15) is 0 Å². The second-order valence-corrected chi connectivity index (χ2v) is 5.63. The molecule has 0 amide bonds. The Morgan fingerprint density at radius 2 is 2.39 bits per heavy atom. The molecule has 0 bridgehead atoms. The molecular formula is C14H18N2OS. The fourth-order valence-corrected chi connectivity index (χ4v) is 3.15. The van der Waals surface area contributed by atoms with Crippen LogP contribution in [0.5, 0.6) is 5.75 Å². The van der Waals surface area contributed by atoms with Gasteiger partial charge in [0.15, 0.2) is 0 Å². The molecule has 1 unspecified atom stereocenters. The fraction of sp³-hybridized carbons (Fsp3) is 0.500. The zero-order valence-corrected chi connectivity index (χ0v) is 11.2. The van der Waals surface area contributed by atoms with Gasteiger partial charge in [0, 0.05) is 6.04 Å². The first kappa shape index (κ1) is 11.9. The standard InChI is InChI=1S/C14H18N2OS/c1-2-8-15-11(4-1)7-9-17-12-5-3-6-13-14(12)16-10-18-13/h3,5-6,10-11,15H,1-2,4,7-9H2. The fourth-order valence-electron chi connectivity index (χ4n) is 2.46. The van der Waals surface area contributed by atoms with E-state index in [1.165, 1.54) is 24.0 Å². The summed E-state index contributed by atoms with van der Waals surface area (Å²) >= 11 is 1.66. The maximum absolute atomic E-state index is 5.88. The van der Waals surface area contributed by atoms with Crippen LogP contribution in [0.25, 0.3) is 10.2 Å². The molecule has 3 rings (SSSR count). The molecule has 1 saturated heterocycles. The van der Waals surface area contributed by atoms with E-state index in [2.05, 4.69) is 16.4 Å². The van der Waals surface area contributed by atoms with Crippen molar-refractivity contribution in [1.29, 1.82) is 0 Å². The van der Waals surface area contributed by atoms with E-state index >= 15 is 0 Å². The average Bonchev–Trinajstić information content (AvgIpc) is 2.89. The van der Waals surface area contributed by atoms with Crippen molar-refractivity contribution in [2.24, 2.45) is 0 Å². The predicted molar refractivity (Wildman–Crippen MR) is 75.4 cm³/mol. The first-order valence-electron chi connectivity index (χ1n) is 6.62. The molecule has 1 aliphatic rings. The maximum Gasteiger partial charge on any atom is 0.146 e. The summed E-state index contributed by atoms with van der Waals surface area (Å²) < 4.78 is 7.08. The van der Waals surface area contributed by atoms with E-state index in [0.29, 0.717) is 6.04 Å². The summed E-state index contributed by atoms with van der Waals surface area (Å²) in [6, 6.07) is 6.77. The van der Waals surface area contributed by atoms with E-state index in [0.717, 1.165) is 30.8 Å². The van der Waals surface area contributed by atoms with Gasteiger partial charge in [-0.3, -0.25) is 0 Å². The molecule has 2 aromatic rings. The minimum Gasteiger partial charge on any atom is -0.491 e. The van der Waals surface area contributed by atoms with Crippen LogP contribution >= 0.6 is 11.3 Å². The van der Waals surface area contributed by atoms with Gasteiger partial charge in [0.25, 0.3) is 0 Å².